The van der Waals surface area contributed by atoms with E-state index in [-0.39, 0.29) is 18.1 Å². The standard InChI is InChI=1S/C24H32N4O/c1-19(25-24(29)26-23-12-11-20-7-5-6-10-22(20)23)13-14-27-15-17-28(18-16-27)21-8-3-2-4-9-21/h2-10,19,23H,11-18H2,1H3,(H2,25,26,29). The zero-order valence-corrected chi connectivity index (χ0v) is 17.3. The van der Waals surface area contributed by atoms with Crippen molar-refractivity contribution in [3.63, 3.8) is 0 Å². The molecule has 2 N–H and O–H groups in total. The monoisotopic (exact) mass is 392 g/mol. The summed E-state index contributed by atoms with van der Waals surface area (Å²) in [5.74, 6) is 0. The van der Waals surface area contributed by atoms with E-state index in [2.05, 4.69) is 82.0 Å². The number of urea groups is 1. The van der Waals surface area contributed by atoms with Crippen LogP contribution in [-0.4, -0.2) is 49.7 Å². The summed E-state index contributed by atoms with van der Waals surface area (Å²) >= 11 is 0. The number of nitrogens with zero attached hydrogens (tertiary/aromatic N) is 2. The molecule has 0 radical (unpaired) electrons. The Morgan fingerprint density at radius 3 is 2.55 bits per heavy atom. The lowest BCUT2D eigenvalue weighted by atomic mass is 10.1. The first-order valence-corrected chi connectivity index (χ1v) is 10.9. The Labute approximate surface area is 174 Å². The second-order valence-corrected chi connectivity index (χ2v) is 8.26. The fourth-order valence-corrected chi connectivity index (χ4v) is 4.45. The Morgan fingerprint density at radius 2 is 1.76 bits per heavy atom. The number of carbonyl (C=O) groups is 1. The van der Waals surface area contributed by atoms with E-state index >= 15 is 0 Å². The summed E-state index contributed by atoms with van der Waals surface area (Å²) in [5.41, 5.74) is 3.94. The molecule has 0 spiro atoms. The second kappa shape index (κ2) is 9.31. The number of nitrogens with one attached hydrogen (secondary N) is 2. The average Bonchev–Trinajstić information content (AvgIpc) is 3.16. The number of carbonyl (C=O) groups excluding carboxylic acids is 1. The number of benzene rings is 2. The molecule has 5 nitrogen and oxygen atoms in total. The fourth-order valence-electron chi connectivity index (χ4n) is 4.45. The highest BCUT2D eigenvalue weighted by molar-refractivity contribution is 5.75. The second-order valence-electron chi connectivity index (χ2n) is 8.26. The van der Waals surface area contributed by atoms with Crippen LogP contribution >= 0.6 is 0 Å². The van der Waals surface area contributed by atoms with Crippen LogP contribution in [0.1, 0.15) is 36.9 Å². The molecule has 2 aromatic rings. The zero-order chi connectivity index (χ0) is 20.1. The maximum atomic E-state index is 12.4. The topological polar surface area (TPSA) is 47.6 Å². The van der Waals surface area contributed by atoms with E-state index in [1.807, 2.05) is 0 Å². The molecule has 1 heterocycles. The minimum Gasteiger partial charge on any atom is -0.369 e. The molecular formula is C24H32N4O. The van der Waals surface area contributed by atoms with E-state index in [1.54, 1.807) is 0 Å². The van der Waals surface area contributed by atoms with E-state index in [0.29, 0.717) is 0 Å². The van der Waals surface area contributed by atoms with Crippen molar-refractivity contribution in [1.29, 1.82) is 0 Å². The van der Waals surface area contributed by atoms with Crippen molar-refractivity contribution in [2.75, 3.05) is 37.6 Å². The molecule has 2 atom stereocenters. The Morgan fingerprint density at radius 1 is 1.03 bits per heavy atom. The van der Waals surface area contributed by atoms with Crippen molar-refractivity contribution >= 4 is 11.7 Å². The molecule has 1 saturated heterocycles. The molecule has 0 bridgehead atoms. The molecule has 2 unspecified atom stereocenters. The third kappa shape index (κ3) is 5.10. The quantitative estimate of drug-likeness (QED) is 0.790. The fraction of sp³-hybridized carbons (Fsp3) is 0.458. The minimum absolute atomic E-state index is 0.0481. The number of anilines is 1. The summed E-state index contributed by atoms with van der Waals surface area (Å²) < 4.78 is 0. The van der Waals surface area contributed by atoms with Gasteiger partial charge in [-0.3, -0.25) is 4.90 Å². The molecule has 1 aliphatic heterocycles. The van der Waals surface area contributed by atoms with Gasteiger partial charge in [0.1, 0.15) is 0 Å². The molecule has 2 amide bonds. The molecular weight excluding hydrogens is 360 g/mol. The van der Waals surface area contributed by atoms with Crippen LogP contribution in [0.5, 0.6) is 0 Å². The molecule has 4 rings (SSSR count). The van der Waals surface area contributed by atoms with Crippen LogP contribution in [0.15, 0.2) is 54.6 Å². The highest BCUT2D eigenvalue weighted by atomic mass is 16.2. The number of piperazine rings is 1. The molecule has 1 aliphatic carbocycles. The lowest BCUT2D eigenvalue weighted by Gasteiger charge is -2.36. The lowest BCUT2D eigenvalue weighted by molar-refractivity contribution is 0.225. The van der Waals surface area contributed by atoms with Crippen LogP contribution in [0.25, 0.3) is 0 Å². The van der Waals surface area contributed by atoms with E-state index in [9.17, 15) is 4.79 Å². The molecule has 1 fully saturated rings. The maximum Gasteiger partial charge on any atom is 0.315 e. The molecule has 2 aromatic carbocycles. The van der Waals surface area contributed by atoms with Crippen LogP contribution in [0.3, 0.4) is 0 Å². The van der Waals surface area contributed by atoms with Crippen molar-refractivity contribution in [1.82, 2.24) is 15.5 Å². The number of amides is 2. The normalized spacial score (nSPS) is 20.2. The number of hydrogen-bond donors (Lipinski definition) is 2. The number of aryl methyl sites for hydroxylation is 1. The first-order valence-electron chi connectivity index (χ1n) is 10.9. The number of rotatable bonds is 6. The molecule has 0 aromatic heterocycles. The van der Waals surface area contributed by atoms with Gasteiger partial charge in [-0.05, 0) is 49.4 Å². The van der Waals surface area contributed by atoms with Gasteiger partial charge in [0.25, 0.3) is 0 Å². The van der Waals surface area contributed by atoms with Crippen molar-refractivity contribution in [2.24, 2.45) is 0 Å². The van der Waals surface area contributed by atoms with E-state index in [1.165, 1.54) is 16.8 Å². The van der Waals surface area contributed by atoms with Gasteiger partial charge in [-0.25, -0.2) is 4.79 Å². The predicted octanol–water partition coefficient (Wildman–Crippen LogP) is 3.57. The molecule has 5 heteroatoms. The first-order chi connectivity index (χ1) is 14.2. The van der Waals surface area contributed by atoms with Gasteiger partial charge >= 0.3 is 6.03 Å². The van der Waals surface area contributed by atoms with Gasteiger partial charge in [-0.1, -0.05) is 42.5 Å². The van der Waals surface area contributed by atoms with Gasteiger partial charge in [0.15, 0.2) is 0 Å². The lowest BCUT2D eigenvalue weighted by Crippen LogP contribution is -2.48. The Hall–Kier alpha value is -2.53. The number of fused-ring (bicyclic) bond motifs is 1. The molecule has 0 saturated carbocycles. The summed E-state index contributed by atoms with van der Waals surface area (Å²) in [6, 6.07) is 19.3. The van der Waals surface area contributed by atoms with Crippen molar-refractivity contribution in [3.8, 4) is 0 Å². The molecule has 29 heavy (non-hydrogen) atoms. The van der Waals surface area contributed by atoms with Gasteiger partial charge in [0.05, 0.1) is 6.04 Å². The van der Waals surface area contributed by atoms with Gasteiger partial charge in [-0.2, -0.15) is 0 Å². The largest absolute Gasteiger partial charge is 0.369 e. The number of hydrogen-bond acceptors (Lipinski definition) is 3. The van der Waals surface area contributed by atoms with Gasteiger partial charge < -0.3 is 15.5 Å². The van der Waals surface area contributed by atoms with Crippen molar-refractivity contribution in [3.05, 3.63) is 65.7 Å². The Balaban J connectivity index is 1.16. The van der Waals surface area contributed by atoms with E-state index < -0.39 is 0 Å². The summed E-state index contributed by atoms with van der Waals surface area (Å²) in [5, 5.41) is 6.28. The average molecular weight is 393 g/mol. The summed E-state index contributed by atoms with van der Waals surface area (Å²) in [7, 11) is 0. The van der Waals surface area contributed by atoms with E-state index in [0.717, 1.165) is 52.0 Å². The van der Waals surface area contributed by atoms with E-state index in [4.69, 9.17) is 0 Å². The van der Waals surface area contributed by atoms with Crippen LogP contribution in [0.2, 0.25) is 0 Å². The highest BCUT2D eigenvalue weighted by Crippen LogP contribution is 2.30. The van der Waals surface area contributed by atoms with Crippen molar-refractivity contribution in [2.45, 2.75) is 38.3 Å². The van der Waals surface area contributed by atoms with Crippen LogP contribution in [-0.2, 0) is 6.42 Å². The van der Waals surface area contributed by atoms with Crippen LogP contribution in [0, 0.1) is 0 Å². The highest BCUT2D eigenvalue weighted by Gasteiger charge is 2.24. The van der Waals surface area contributed by atoms with Gasteiger partial charge in [-0.15, -0.1) is 0 Å². The Bertz CT molecular complexity index is 802. The third-order valence-corrected chi connectivity index (χ3v) is 6.19. The van der Waals surface area contributed by atoms with Gasteiger partial charge in [0, 0.05) is 44.5 Å². The van der Waals surface area contributed by atoms with Crippen LogP contribution < -0.4 is 15.5 Å². The molecule has 2 aliphatic rings. The first kappa shape index (κ1) is 19.8. The third-order valence-electron chi connectivity index (χ3n) is 6.19. The summed E-state index contributed by atoms with van der Waals surface area (Å²) in [6.45, 7) is 7.40. The SMILES string of the molecule is CC(CCN1CCN(c2ccccc2)CC1)NC(=O)NC1CCc2ccccc21. The predicted molar refractivity (Wildman–Crippen MR) is 118 cm³/mol. The van der Waals surface area contributed by atoms with Crippen LogP contribution in [0.4, 0.5) is 10.5 Å². The molecule has 154 valence electrons. The van der Waals surface area contributed by atoms with Gasteiger partial charge in [0.2, 0.25) is 0 Å². The zero-order valence-electron chi connectivity index (χ0n) is 17.3. The summed E-state index contributed by atoms with van der Waals surface area (Å²) in [6.07, 6.45) is 3.01. The smallest absolute Gasteiger partial charge is 0.315 e. The summed E-state index contributed by atoms with van der Waals surface area (Å²) in [4.78, 5) is 17.4. The number of para-hydroxylation sites is 1. The maximum absolute atomic E-state index is 12.4. The minimum atomic E-state index is -0.0481. The Kier molecular flexibility index (Phi) is 6.35. The van der Waals surface area contributed by atoms with Crippen molar-refractivity contribution < 1.29 is 4.79 Å².